The van der Waals surface area contributed by atoms with E-state index in [2.05, 4.69) is 10.3 Å². The average molecular weight is 317 g/mol. The largest absolute Gasteiger partial charge is 0.476 e. The van der Waals surface area contributed by atoms with Crippen LogP contribution in [0.1, 0.15) is 16.2 Å². The number of halogens is 2. The molecule has 2 rings (SSSR count). The Morgan fingerprint density at radius 2 is 2.10 bits per heavy atom. The monoisotopic (exact) mass is 316 g/mol. The van der Waals surface area contributed by atoms with Crippen LogP contribution in [0.3, 0.4) is 0 Å². The first-order valence-electron chi connectivity index (χ1n) is 5.12. The predicted octanol–water partition coefficient (Wildman–Crippen LogP) is 2.49. The van der Waals surface area contributed by atoms with Crippen LogP contribution in [0.4, 0.5) is 5.69 Å². The van der Waals surface area contributed by atoms with Gasteiger partial charge in [-0.25, -0.2) is 9.48 Å². The highest BCUT2D eigenvalue weighted by molar-refractivity contribution is 6.36. The van der Waals surface area contributed by atoms with Crippen molar-refractivity contribution in [2.45, 2.75) is 6.92 Å². The number of hydrogen-bond donors (Lipinski definition) is 1. The van der Waals surface area contributed by atoms with Gasteiger partial charge >= 0.3 is 5.97 Å². The molecule has 0 aliphatic carbocycles. The zero-order chi connectivity index (χ0) is 15.0. The van der Waals surface area contributed by atoms with Gasteiger partial charge in [0.2, 0.25) is 0 Å². The molecule has 104 valence electrons. The van der Waals surface area contributed by atoms with E-state index in [4.69, 9.17) is 28.3 Å². The lowest BCUT2D eigenvalue weighted by Crippen LogP contribution is -2.06. The highest BCUT2D eigenvalue weighted by atomic mass is 35.5. The predicted molar refractivity (Wildman–Crippen MR) is 69.7 cm³/mol. The first kappa shape index (κ1) is 14.2. The van der Waals surface area contributed by atoms with Gasteiger partial charge in [-0.1, -0.05) is 28.4 Å². The first-order chi connectivity index (χ1) is 9.32. The van der Waals surface area contributed by atoms with Gasteiger partial charge in [0, 0.05) is 11.1 Å². The Bertz CT molecular complexity index is 728. The second-order valence-corrected chi connectivity index (χ2v) is 4.60. The van der Waals surface area contributed by atoms with Crippen molar-refractivity contribution >= 4 is 34.9 Å². The van der Waals surface area contributed by atoms with Crippen LogP contribution < -0.4 is 0 Å². The van der Waals surface area contributed by atoms with E-state index >= 15 is 0 Å². The molecule has 0 saturated carbocycles. The average Bonchev–Trinajstić information content (AvgIpc) is 2.70. The Morgan fingerprint density at radius 1 is 1.45 bits per heavy atom. The van der Waals surface area contributed by atoms with Gasteiger partial charge in [-0.05, 0) is 13.0 Å². The van der Waals surface area contributed by atoms with Gasteiger partial charge in [-0.3, -0.25) is 10.1 Å². The number of nitrogens with zero attached hydrogens (tertiary/aromatic N) is 4. The Morgan fingerprint density at radius 3 is 2.60 bits per heavy atom. The maximum Gasteiger partial charge on any atom is 0.358 e. The minimum absolute atomic E-state index is 0.0332. The summed E-state index contributed by atoms with van der Waals surface area (Å²) in [4.78, 5) is 21.3. The molecule has 0 aliphatic rings. The van der Waals surface area contributed by atoms with Crippen molar-refractivity contribution in [3.05, 3.63) is 43.7 Å². The molecule has 8 nitrogen and oxygen atoms in total. The molecule has 2 aromatic rings. The summed E-state index contributed by atoms with van der Waals surface area (Å²) in [5.74, 6) is -1.29. The quantitative estimate of drug-likeness (QED) is 0.687. The zero-order valence-electron chi connectivity index (χ0n) is 9.87. The normalized spacial score (nSPS) is 10.6. The molecule has 1 aromatic carbocycles. The van der Waals surface area contributed by atoms with E-state index in [9.17, 15) is 14.9 Å². The highest BCUT2D eigenvalue weighted by Gasteiger charge is 2.25. The summed E-state index contributed by atoms with van der Waals surface area (Å²) in [5, 5.41) is 27.1. The molecular weight excluding hydrogens is 311 g/mol. The molecule has 0 amide bonds. The van der Waals surface area contributed by atoms with Crippen molar-refractivity contribution in [2.24, 2.45) is 0 Å². The third-order valence-corrected chi connectivity index (χ3v) is 3.02. The van der Waals surface area contributed by atoms with Gasteiger partial charge in [-0.15, -0.1) is 5.10 Å². The number of rotatable bonds is 3. The van der Waals surface area contributed by atoms with Crippen molar-refractivity contribution in [1.82, 2.24) is 15.0 Å². The number of aromatic nitrogens is 3. The molecule has 0 fully saturated rings. The number of nitro benzene ring substituents is 1. The van der Waals surface area contributed by atoms with Crippen LogP contribution in [0.5, 0.6) is 0 Å². The van der Waals surface area contributed by atoms with E-state index in [1.165, 1.54) is 13.0 Å². The molecule has 1 N–H and O–H groups in total. The Hall–Kier alpha value is -2.19. The number of aromatic carboxylic acids is 1. The summed E-state index contributed by atoms with van der Waals surface area (Å²) in [6.45, 7) is 1.41. The van der Waals surface area contributed by atoms with Gasteiger partial charge in [-0.2, -0.15) is 0 Å². The van der Waals surface area contributed by atoms with Crippen LogP contribution in [0, 0.1) is 17.0 Å². The maximum absolute atomic E-state index is 11.1. The van der Waals surface area contributed by atoms with E-state index in [1.807, 2.05) is 0 Å². The molecule has 10 heteroatoms. The molecule has 0 radical (unpaired) electrons. The molecular formula is C10H6Cl2N4O4. The minimum atomic E-state index is -1.29. The molecule has 0 atom stereocenters. The summed E-state index contributed by atoms with van der Waals surface area (Å²) in [6, 6.07) is 2.40. The molecule has 1 aromatic heterocycles. The molecule has 1 heterocycles. The second kappa shape index (κ2) is 5.06. The number of carboxylic acid groups (broad SMARTS) is 1. The third kappa shape index (κ3) is 2.30. The van der Waals surface area contributed by atoms with E-state index in [0.717, 1.165) is 10.7 Å². The van der Waals surface area contributed by atoms with Crippen LogP contribution in [-0.4, -0.2) is 31.0 Å². The number of carboxylic acids is 1. The third-order valence-electron chi connectivity index (χ3n) is 2.51. The number of carbonyl (C=O) groups is 1. The van der Waals surface area contributed by atoms with Gasteiger partial charge < -0.3 is 5.11 Å². The van der Waals surface area contributed by atoms with Crippen molar-refractivity contribution in [3.63, 3.8) is 0 Å². The maximum atomic E-state index is 11.1. The number of nitro groups is 1. The van der Waals surface area contributed by atoms with E-state index in [-0.39, 0.29) is 27.1 Å². The fourth-order valence-electron chi connectivity index (χ4n) is 1.64. The van der Waals surface area contributed by atoms with Crippen molar-refractivity contribution in [1.29, 1.82) is 0 Å². The Labute approximate surface area is 121 Å². The zero-order valence-corrected chi connectivity index (χ0v) is 11.4. The summed E-state index contributed by atoms with van der Waals surface area (Å²) in [6.07, 6.45) is 0. The van der Waals surface area contributed by atoms with Crippen molar-refractivity contribution < 1.29 is 14.8 Å². The number of benzene rings is 1. The smallest absolute Gasteiger partial charge is 0.358 e. The van der Waals surface area contributed by atoms with Crippen LogP contribution in [0.15, 0.2) is 12.1 Å². The van der Waals surface area contributed by atoms with E-state index < -0.39 is 16.6 Å². The van der Waals surface area contributed by atoms with Crippen molar-refractivity contribution in [2.75, 3.05) is 0 Å². The van der Waals surface area contributed by atoms with Gasteiger partial charge in [0.1, 0.15) is 0 Å². The highest BCUT2D eigenvalue weighted by Crippen LogP contribution is 2.34. The SMILES string of the molecule is Cc1c(C(=O)O)nnn1-c1c(Cl)cc(Cl)cc1[N+](=O)[O-]. The lowest BCUT2D eigenvalue weighted by molar-refractivity contribution is -0.384. The van der Waals surface area contributed by atoms with Crippen LogP contribution >= 0.6 is 23.2 Å². The van der Waals surface area contributed by atoms with E-state index in [1.54, 1.807) is 0 Å². The second-order valence-electron chi connectivity index (χ2n) is 3.75. The molecule has 20 heavy (non-hydrogen) atoms. The Balaban J connectivity index is 2.76. The molecule has 0 unspecified atom stereocenters. The fraction of sp³-hybridized carbons (Fsp3) is 0.100. The van der Waals surface area contributed by atoms with Crippen LogP contribution in [-0.2, 0) is 0 Å². The molecule has 0 bridgehead atoms. The molecule has 0 saturated heterocycles. The van der Waals surface area contributed by atoms with Crippen LogP contribution in [0.25, 0.3) is 5.69 Å². The van der Waals surface area contributed by atoms with Crippen LogP contribution in [0.2, 0.25) is 10.0 Å². The standard InChI is InChI=1S/C10H6Cl2N4O4/c1-4-8(10(17)18)13-14-15(4)9-6(12)2-5(11)3-7(9)16(19)20/h2-3H,1H3,(H,17,18). The first-order valence-corrected chi connectivity index (χ1v) is 5.88. The summed E-state index contributed by atoms with van der Waals surface area (Å²) < 4.78 is 1.00. The van der Waals surface area contributed by atoms with E-state index in [0.29, 0.717) is 0 Å². The lowest BCUT2D eigenvalue weighted by Gasteiger charge is -2.07. The summed E-state index contributed by atoms with van der Waals surface area (Å²) in [7, 11) is 0. The minimum Gasteiger partial charge on any atom is -0.476 e. The van der Waals surface area contributed by atoms with Gasteiger partial charge in [0.15, 0.2) is 11.4 Å². The topological polar surface area (TPSA) is 111 Å². The van der Waals surface area contributed by atoms with Gasteiger partial charge in [0.25, 0.3) is 5.69 Å². The lowest BCUT2D eigenvalue weighted by atomic mass is 10.2. The molecule has 0 spiro atoms. The Kier molecular flexibility index (Phi) is 3.60. The van der Waals surface area contributed by atoms with Gasteiger partial charge in [0.05, 0.1) is 15.6 Å². The molecule has 0 aliphatic heterocycles. The summed E-state index contributed by atoms with van der Waals surface area (Å²) >= 11 is 11.7. The van der Waals surface area contributed by atoms with Crippen molar-refractivity contribution in [3.8, 4) is 5.69 Å². The summed E-state index contributed by atoms with van der Waals surface area (Å²) in [5.41, 5.74) is -0.679. The fourth-order valence-corrected chi connectivity index (χ4v) is 2.20. The number of hydrogen-bond acceptors (Lipinski definition) is 5.